The van der Waals surface area contributed by atoms with Crippen LogP contribution in [-0.4, -0.2) is 24.8 Å². The van der Waals surface area contributed by atoms with Crippen molar-refractivity contribution in [2.45, 2.75) is 30.8 Å². The zero-order valence-electron chi connectivity index (χ0n) is 23.7. The molecular weight excluding hydrogens is 617 g/mol. The van der Waals surface area contributed by atoms with Crippen molar-refractivity contribution in [3.05, 3.63) is 159 Å². The lowest BCUT2D eigenvalue weighted by Gasteiger charge is -2.22. The van der Waals surface area contributed by atoms with E-state index in [0.29, 0.717) is 27.1 Å². The van der Waals surface area contributed by atoms with Crippen molar-refractivity contribution in [1.82, 2.24) is 9.73 Å². The third kappa shape index (κ3) is 7.65. The monoisotopic (exact) mass is 645 g/mol. The lowest BCUT2D eigenvalue weighted by atomic mass is 9.91. The topological polar surface area (TPSA) is 92.0 Å². The third-order valence-corrected chi connectivity index (χ3v) is 9.46. The molecule has 224 valence electrons. The minimum Gasteiger partial charge on any atom is -0.459 e. The second kappa shape index (κ2) is 14.1. The van der Waals surface area contributed by atoms with Gasteiger partial charge in [-0.05, 0) is 60.0 Å². The van der Waals surface area contributed by atoms with Crippen LogP contribution in [0.4, 0.5) is 0 Å². The van der Waals surface area contributed by atoms with Crippen LogP contribution < -0.4 is 5.43 Å². The first-order valence-electron chi connectivity index (χ1n) is 13.7. The van der Waals surface area contributed by atoms with Crippen LogP contribution in [-0.2, 0) is 27.9 Å². The van der Waals surface area contributed by atoms with Crippen LogP contribution in [0.2, 0.25) is 10.0 Å². The Morgan fingerprint density at radius 2 is 1.48 bits per heavy atom. The summed E-state index contributed by atoms with van der Waals surface area (Å²) in [6, 6.07) is 33.9. The summed E-state index contributed by atoms with van der Waals surface area (Å²) in [6.07, 6.45) is 1.38. The van der Waals surface area contributed by atoms with Gasteiger partial charge in [0.15, 0.2) is 0 Å². The molecule has 0 atom stereocenters. The average Bonchev–Trinajstić information content (AvgIpc) is 3.47. The second-order valence-corrected chi connectivity index (χ2v) is 12.9. The summed E-state index contributed by atoms with van der Waals surface area (Å²) < 4.78 is 34.6. The molecule has 7 nitrogen and oxygen atoms in total. The van der Waals surface area contributed by atoms with Crippen LogP contribution >= 0.6 is 23.2 Å². The molecule has 0 spiro atoms. The van der Waals surface area contributed by atoms with E-state index in [4.69, 9.17) is 27.6 Å². The molecule has 0 saturated carbocycles. The number of amides is 1. The van der Waals surface area contributed by atoms with E-state index in [1.807, 2.05) is 67.6 Å². The molecule has 1 aromatic heterocycles. The summed E-state index contributed by atoms with van der Waals surface area (Å²) in [5.41, 5.74) is 5.89. The molecule has 1 N–H and O–H groups in total. The Morgan fingerprint density at radius 3 is 2.09 bits per heavy atom. The Morgan fingerprint density at radius 1 is 0.841 bits per heavy atom. The van der Waals surface area contributed by atoms with Crippen LogP contribution in [0.5, 0.6) is 0 Å². The lowest BCUT2D eigenvalue weighted by Crippen LogP contribution is -2.30. The van der Waals surface area contributed by atoms with E-state index < -0.39 is 15.9 Å². The maximum Gasteiger partial charge on any atom is 0.252 e. The minimum atomic E-state index is -3.91. The number of nitrogens with one attached hydrogen (secondary N) is 1. The van der Waals surface area contributed by atoms with E-state index in [1.54, 1.807) is 54.6 Å². The zero-order valence-corrected chi connectivity index (χ0v) is 26.1. The molecule has 0 aliphatic heterocycles. The van der Waals surface area contributed by atoms with Gasteiger partial charge in [0.1, 0.15) is 11.5 Å². The van der Waals surface area contributed by atoms with Crippen molar-refractivity contribution in [1.29, 1.82) is 0 Å². The molecule has 0 saturated heterocycles. The van der Waals surface area contributed by atoms with Gasteiger partial charge < -0.3 is 4.42 Å². The quantitative estimate of drug-likeness (QED) is 0.118. The molecule has 1 heterocycles. The number of furan rings is 1. The number of rotatable bonds is 11. The molecule has 1 amide bonds. The van der Waals surface area contributed by atoms with Gasteiger partial charge in [-0.2, -0.15) is 9.41 Å². The fourth-order valence-electron chi connectivity index (χ4n) is 4.66. The fourth-order valence-corrected chi connectivity index (χ4v) is 6.37. The maximum absolute atomic E-state index is 13.7. The molecule has 0 radical (unpaired) electrons. The van der Waals surface area contributed by atoms with E-state index in [-0.39, 0.29) is 23.9 Å². The van der Waals surface area contributed by atoms with Gasteiger partial charge >= 0.3 is 0 Å². The van der Waals surface area contributed by atoms with Gasteiger partial charge in [-0.25, -0.2) is 13.8 Å². The number of halogens is 2. The Kier molecular flexibility index (Phi) is 9.97. The van der Waals surface area contributed by atoms with Crippen LogP contribution in [0.3, 0.4) is 0 Å². The lowest BCUT2D eigenvalue weighted by molar-refractivity contribution is -0.121. The highest BCUT2D eigenvalue weighted by molar-refractivity contribution is 7.89. The maximum atomic E-state index is 13.7. The van der Waals surface area contributed by atoms with Gasteiger partial charge in [0.05, 0.1) is 33.6 Å². The smallest absolute Gasteiger partial charge is 0.252 e. The molecule has 0 aliphatic carbocycles. The van der Waals surface area contributed by atoms with Crippen LogP contribution in [0.25, 0.3) is 0 Å². The first-order valence-corrected chi connectivity index (χ1v) is 15.9. The number of benzene rings is 4. The van der Waals surface area contributed by atoms with Gasteiger partial charge in [0.25, 0.3) is 5.91 Å². The molecule has 5 aromatic rings. The standard InChI is InChI=1S/C34H29Cl2N3O4S/c1-24-12-17-30(18-13-24)44(41,42)39(22-25-14-19-31(35)32(36)20-25)23-29-16-15-28(43-29)21-37-38-34(40)33(26-8-4-2-5-9-26)27-10-6-3-7-11-27/h2-21,33H,22-23H2,1H3,(H,38,40)/b37-21-. The summed E-state index contributed by atoms with van der Waals surface area (Å²) in [4.78, 5) is 13.4. The summed E-state index contributed by atoms with van der Waals surface area (Å²) in [6.45, 7) is 1.87. The second-order valence-electron chi connectivity index (χ2n) is 10.1. The van der Waals surface area contributed by atoms with Crippen LogP contribution in [0.1, 0.15) is 39.7 Å². The molecule has 44 heavy (non-hydrogen) atoms. The largest absolute Gasteiger partial charge is 0.459 e. The Hall–Kier alpha value is -4.21. The summed E-state index contributed by atoms with van der Waals surface area (Å²) in [7, 11) is -3.91. The molecule has 5 rings (SSSR count). The van der Waals surface area contributed by atoms with Gasteiger partial charge in [0.2, 0.25) is 10.0 Å². The number of nitrogens with zero attached hydrogens (tertiary/aromatic N) is 2. The van der Waals surface area contributed by atoms with Crippen LogP contribution in [0, 0.1) is 6.92 Å². The number of hydrogen-bond acceptors (Lipinski definition) is 5. The van der Waals surface area contributed by atoms with Crippen molar-refractivity contribution in [3.8, 4) is 0 Å². The zero-order chi connectivity index (χ0) is 31.1. The first-order chi connectivity index (χ1) is 21.2. The van der Waals surface area contributed by atoms with Crippen LogP contribution in [0.15, 0.2) is 130 Å². The number of sulfonamides is 1. The highest BCUT2D eigenvalue weighted by Gasteiger charge is 2.26. The molecule has 0 fully saturated rings. The highest BCUT2D eigenvalue weighted by Crippen LogP contribution is 2.27. The van der Waals surface area contributed by atoms with Crippen molar-refractivity contribution < 1.29 is 17.6 Å². The Labute approximate surface area is 266 Å². The van der Waals surface area contributed by atoms with Crippen molar-refractivity contribution >= 4 is 45.3 Å². The van der Waals surface area contributed by atoms with E-state index in [2.05, 4.69) is 10.5 Å². The average molecular weight is 647 g/mol. The van der Waals surface area contributed by atoms with E-state index in [1.165, 1.54) is 10.5 Å². The van der Waals surface area contributed by atoms with Gasteiger partial charge in [-0.1, -0.05) is 108 Å². The summed E-state index contributed by atoms with van der Waals surface area (Å²) in [5, 5.41) is 4.83. The van der Waals surface area contributed by atoms with E-state index in [9.17, 15) is 13.2 Å². The molecule has 4 aromatic carbocycles. The number of carbonyl (C=O) groups is 1. The van der Waals surface area contributed by atoms with E-state index >= 15 is 0 Å². The molecule has 0 unspecified atom stereocenters. The predicted molar refractivity (Wildman–Crippen MR) is 173 cm³/mol. The van der Waals surface area contributed by atoms with Crippen molar-refractivity contribution in [3.63, 3.8) is 0 Å². The third-order valence-electron chi connectivity index (χ3n) is 6.91. The molecule has 0 aliphatic rings. The summed E-state index contributed by atoms with van der Waals surface area (Å²) >= 11 is 12.3. The van der Waals surface area contributed by atoms with Crippen molar-refractivity contribution in [2.24, 2.45) is 5.10 Å². The highest BCUT2D eigenvalue weighted by atomic mass is 35.5. The summed E-state index contributed by atoms with van der Waals surface area (Å²) in [5.74, 6) is -0.121. The fraction of sp³-hybridized carbons (Fsp3) is 0.118. The normalized spacial score (nSPS) is 11.8. The Balaban J connectivity index is 1.33. The van der Waals surface area contributed by atoms with Gasteiger partial charge in [-0.15, -0.1) is 0 Å². The molecule has 10 heteroatoms. The number of hydrogen-bond donors (Lipinski definition) is 1. The SMILES string of the molecule is Cc1ccc(S(=O)(=O)N(Cc2ccc(Cl)c(Cl)c2)Cc2ccc(/C=N\NC(=O)C(c3ccccc3)c3ccccc3)o2)cc1. The van der Waals surface area contributed by atoms with E-state index in [0.717, 1.165) is 16.7 Å². The number of hydrazone groups is 1. The predicted octanol–water partition coefficient (Wildman–Crippen LogP) is 7.57. The molecule has 0 bridgehead atoms. The van der Waals surface area contributed by atoms with Crippen molar-refractivity contribution in [2.75, 3.05) is 0 Å². The van der Waals surface area contributed by atoms with Gasteiger partial charge in [0, 0.05) is 6.54 Å². The number of carbonyl (C=O) groups excluding carboxylic acids is 1. The molecular formula is C34H29Cl2N3O4S. The minimum absolute atomic E-state index is 0.0354. The Bertz CT molecular complexity index is 1820. The number of aryl methyl sites for hydroxylation is 1. The first kappa shape index (κ1) is 31.2. The van der Waals surface area contributed by atoms with Gasteiger partial charge in [-0.3, -0.25) is 4.79 Å².